The zero-order chi connectivity index (χ0) is 19.2. The Balaban J connectivity index is 1.65. The summed E-state index contributed by atoms with van der Waals surface area (Å²) in [5, 5.41) is 4.53. The van der Waals surface area contributed by atoms with E-state index in [4.69, 9.17) is 4.74 Å². The molecule has 0 saturated carbocycles. The van der Waals surface area contributed by atoms with Crippen LogP contribution in [-0.2, 0) is 11.3 Å². The molecule has 5 nitrogen and oxygen atoms in total. The molecule has 5 heteroatoms. The van der Waals surface area contributed by atoms with E-state index in [0.29, 0.717) is 12.5 Å². The number of piperidine rings is 1. The van der Waals surface area contributed by atoms with Crippen molar-refractivity contribution in [1.82, 2.24) is 14.7 Å². The second kappa shape index (κ2) is 9.18. The predicted molar refractivity (Wildman–Crippen MR) is 107 cm³/mol. The minimum absolute atomic E-state index is 0.154. The van der Waals surface area contributed by atoms with Crippen LogP contribution in [0, 0.1) is 19.8 Å². The number of amides is 1. The van der Waals surface area contributed by atoms with Gasteiger partial charge in [0.25, 0.3) is 5.91 Å². The second-order valence-electron chi connectivity index (χ2n) is 7.68. The van der Waals surface area contributed by atoms with E-state index in [9.17, 15) is 4.79 Å². The number of carbonyl (C=O) groups is 1. The number of aromatic nitrogens is 2. The zero-order valence-electron chi connectivity index (χ0n) is 16.8. The first-order valence-corrected chi connectivity index (χ1v) is 9.95. The third kappa shape index (κ3) is 5.19. The molecule has 2 aromatic rings. The highest BCUT2D eigenvalue weighted by molar-refractivity contribution is 5.94. The van der Waals surface area contributed by atoms with Crippen LogP contribution in [0.5, 0.6) is 0 Å². The summed E-state index contributed by atoms with van der Waals surface area (Å²) in [6.07, 6.45) is 4.51. The normalized spacial score (nSPS) is 17.3. The van der Waals surface area contributed by atoms with Crippen molar-refractivity contribution < 1.29 is 9.53 Å². The molecule has 1 aliphatic rings. The molecule has 1 aliphatic heterocycles. The van der Waals surface area contributed by atoms with E-state index in [1.54, 1.807) is 7.11 Å². The first kappa shape index (κ1) is 19.6. The van der Waals surface area contributed by atoms with Crippen LogP contribution >= 0.6 is 0 Å². The molecular weight excluding hydrogens is 338 g/mol. The van der Waals surface area contributed by atoms with Gasteiger partial charge in [0.05, 0.1) is 12.2 Å². The van der Waals surface area contributed by atoms with E-state index >= 15 is 0 Å². The maximum absolute atomic E-state index is 13.0. The molecular formula is C22H31N3O2. The lowest BCUT2D eigenvalue weighted by atomic mass is 9.93. The van der Waals surface area contributed by atoms with Crippen molar-refractivity contribution in [3.8, 4) is 0 Å². The van der Waals surface area contributed by atoms with Crippen molar-refractivity contribution in [3.63, 3.8) is 0 Å². The molecule has 3 rings (SSSR count). The van der Waals surface area contributed by atoms with E-state index in [-0.39, 0.29) is 5.91 Å². The molecule has 1 atom stereocenters. The fourth-order valence-electron chi connectivity index (χ4n) is 3.99. The number of ether oxygens (including phenoxy) is 1. The van der Waals surface area contributed by atoms with Crippen LogP contribution in [0.25, 0.3) is 0 Å². The standard InChI is InChI=1S/C22H31N3O2/c1-17-13-18(2)25(23-17)16-20-7-4-10-21(14-20)22(26)24-11-5-8-19(15-24)9-6-12-27-3/h4,7,10,13-14,19H,5-6,8-9,11-12,15-16H2,1-3H3. The molecule has 1 fully saturated rings. The van der Waals surface area contributed by atoms with Gasteiger partial charge in [0, 0.05) is 38.1 Å². The van der Waals surface area contributed by atoms with Crippen molar-refractivity contribution in [2.45, 2.75) is 46.1 Å². The topological polar surface area (TPSA) is 47.4 Å². The number of benzene rings is 1. The molecule has 0 aliphatic carbocycles. The van der Waals surface area contributed by atoms with E-state index in [1.807, 2.05) is 34.7 Å². The summed E-state index contributed by atoms with van der Waals surface area (Å²) < 4.78 is 7.15. The highest BCUT2D eigenvalue weighted by Crippen LogP contribution is 2.23. The van der Waals surface area contributed by atoms with Crippen molar-refractivity contribution in [2.24, 2.45) is 5.92 Å². The summed E-state index contributed by atoms with van der Waals surface area (Å²) in [6.45, 7) is 7.29. The van der Waals surface area contributed by atoms with Crippen LogP contribution in [-0.4, -0.2) is 47.4 Å². The Morgan fingerprint density at radius 1 is 1.30 bits per heavy atom. The van der Waals surface area contributed by atoms with E-state index in [2.05, 4.69) is 24.2 Å². The molecule has 1 aromatic carbocycles. The van der Waals surface area contributed by atoms with Gasteiger partial charge < -0.3 is 9.64 Å². The average molecular weight is 370 g/mol. The van der Waals surface area contributed by atoms with E-state index in [1.165, 1.54) is 6.42 Å². The van der Waals surface area contributed by atoms with E-state index < -0.39 is 0 Å². The van der Waals surface area contributed by atoms with Crippen LogP contribution in [0.2, 0.25) is 0 Å². The lowest BCUT2D eigenvalue weighted by molar-refractivity contribution is 0.0660. The number of hydrogen-bond donors (Lipinski definition) is 0. The van der Waals surface area contributed by atoms with Crippen LogP contribution in [0.3, 0.4) is 0 Å². The lowest BCUT2D eigenvalue weighted by Gasteiger charge is -2.33. The minimum atomic E-state index is 0.154. The number of aryl methyl sites for hydroxylation is 2. The van der Waals surface area contributed by atoms with Crippen molar-refractivity contribution in [1.29, 1.82) is 0 Å². The minimum Gasteiger partial charge on any atom is -0.385 e. The summed E-state index contributed by atoms with van der Waals surface area (Å²) in [6, 6.07) is 10.1. The molecule has 0 spiro atoms. The number of nitrogens with zero attached hydrogens (tertiary/aromatic N) is 3. The monoisotopic (exact) mass is 369 g/mol. The molecule has 146 valence electrons. The number of likely N-dealkylation sites (tertiary alicyclic amines) is 1. The largest absolute Gasteiger partial charge is 0.385 e. The maximum atomic E-state index is 13.0. The fraction of sp³-hybridized carbons (Fsp3) is 0.545. The van der Waals surface area contributed by atoms with Crippen LogP contribution in [0.4, 0.5) is 0 Å². The maximum Gasteiger partial charge on any atom is 0.253 e. The number of rotatable bonds is 7. The molecule has 1 amide bonds. The SMILES string of the molecule is COCCCC1CCCN(C(=O)c2cccc(Cn3nc(C)cc3C)c2)C1. The Kier molecular flexibility index (Phi) is 6.67. The highest BCUT2D eigenvalue weighted by atomic mass is 16.5. The van der Waals surface area contributed by atoms with Gasteiger partial charge in [-0.1, -0.05) is 12.1 Å². The third-order valence-electron chi connectivity index (χ3n) is 5.38. The van der Waals surface area contributed by atoms with Crippen molar-refractivity contribution >= 4 is 5.91 Å². The number of carbonyl (C=O) groups excluding carboxylic acids is 1. The predicted octanol–water partition coefficient (Wildman–Crippen LogP) is 3.83. The summed E-state index contributed by atoms with van der Waals surface area (Å²) >= 11 is 0. The van der Waals surface area contributed by atoms with Gasteiger partial charge in [0.1, 0.15) is 0 Å². The highest BCUT2D eigenvalue weighted by Gasteiger charge is 2.24. The molecule has 0 bridgehead atoms. The first-order chi connectivity index (χ1) is 13.1. The summed E-state index contributed by atoms with van der Waals surface area (Å²) in [4.78, 5) is 15.1. The van der Waals surface area contributed by atoms with Gasteiger partial charge in [0.15, 0.2) is 0 Å². The molecule has 0 N–H and O–H groups in total. The summed E-state index contributed by atoms with van der Waals surface area (Å²) in [5.41, 5.74) is 4.05. The van der Waals surface area contributed by atoms with Gasteiger partial charge in [-0.15, -0.1) is 0 Å². The molecule has 1 saturated heterocycles. The van der Waals surface area contributed by atoms with Gasteiger partial charge in [0.2, 0.25) is 0 Å². The summed E-state index contributed by atoms with van der Waals surface area (Å²) in [7, 11) is 1.75. The lowest BCUT2D eigenvalue weighted by Crippen LogP contribution is -2.40. The Morgan fingerprint density at radius 3 is 2.89 bits per heavy atom. The first-order valence-electron chi connectivity index (χ1n) is 9.95. The quantitative estimate of drug-likeness (QED) is 0.697. The second-order valence-corrected chi connectivity index (χ2v) is 7.68. The smallest absolute Gasteiger partial charge is 0.253 e. The van der Waals surface area contributed by atoms with Gasteiger partial charge in [-0.3, -0.25) is 9.48 Å². The molecule has 0 radical (unpaired) electrons. The molecule has 2 heterocycles. The van der Waals surface area contributed by atoms with Gasteiger partial charge in [-0.05, 0) is 69.2 Å². The zero-order valence-corrected chi connectivity index (χ0v) is 16.8. The van der Waals surface area contributed by atoms with Crippen molar-refractivity contribution in [3.05, 3.63) is 52.8 Å². The fourth-order valence-corrected chi connectivity index (χ4v) is 3.99. The molecule has 1 aromatic heterocycles. The van der Waals surface area contributed by atoms with Crippen molar-refractivity contribution in [2.75, 3.05) is 26.8 Å². The van der Waals surface area contributed by atoms with Gasteiger partial charge >= 0.3 is 0 Å². The summed E-state index contributed by atoms with van der Waals surface area (Å²) in [5.74, 6) is 0.748. The Morgan fingerprint density at radius 2 is 2.15 bits per heavy atom. The Labute approximate surface area is 162 Å². The van der Waals surface area contributed by atoms with Gasteiger partial charge in [-0.25, -0.2) is 0 Å². The van der Waals surface area contributed by atoms with Crippen LogP contribution in [0.1, 0.15) is 53.0 Å². The van der Waals surface area contributed by atoms with Crippen LogP contribution in [0.15, 0.2) is 30.3 Å². The Bertz CT molecular complexity index is 769. The van der Waals surface area contributed by atoms with E-state index in [0.717, 1.165) is 61.5 Å². The number of methoxy groups -OCH3 is 1. The molecule has 1 unspecified atom stereocenters. The Hall–Kier alpha value is -2.14. The molecule has 27 heavy (non-hydrogen) atoms. The van der Waals surface area contributed by atoms with Gasteiger partial charge in [-0.2, -0.15) is 5.10 Å². The van der Waals surface area contributed by atoms with Crippen LogP contribution < -0.4 is 0 Å². The third-order valence-corrected chi connectivity index (χ3v) is 5.38. The average Bonchev–Trinajstić information content (AvgIpc) is 2.99. The number of hydrogen-bond acceptors (Lipinski definition) is 3.